The lowest BCUT2D eigenvalue weighted by molar-refractivity contribution is 0.0626. The fraction of sp³-hybridized carbons (Fsp3) is 0.250. The monoisotopic (exact) mass is 559 g/mol. The molecule has 13 heteroatoms. The SMILES string of the molecule is CS(=O)(=O)Nc1ccc2nc(-c3ccc(Cl)cc3Cl)c(CN3CCN(C(=O)c4ccnnc4)CC3)n2c1. The predicted octanol–water partition coefficient (Wildman–Crippen LogP) is 3.43. The lowest BCUT2D eigenvalue weighted by atomic mass is 10.1. The van der Waals surface area contributed by atoms with E-state index in [1.54, 1.807) is 41.4 Å². The maximum absolute atomic E-state index is 12.8. The molecule has 0 bridgehead atoms. The topological polar surface area (TPSA) is 113 Å². The molecule has 3 aromatic heterocycles. The third-order valence-corrected chi connectivity index (χ3v) is 7.23. The van der Waals surface area contributed by atoms with Crippen molar-refractivity contribution in [2.24, 2.45) is 0 Å². The summed E-state index contributed by atoms with van der Waals surface area (Å²) in [6.45, 7) is 2.90. The van der Waals surface area contributed by atoms with E-state index < -0.39 is 10.0 Å². The molecule has 10 nitrogen and oxygen atoms in total. The highest BCUT2D eigenvalue weighted by atomic mass is 35.5. The zero-order valence-corrected chi connectivity index (χ0v) is 22.1. The summed E-state index contributed by atoms with van der Waals surface area (Å²) in [5, 5.41) is 8.51. The van der Waals surface area contributed by atoms with Crippen molar-refractivity contribution in [2.45, 2.75) is 6.54 Å². The number of hydrogen-bond donors (Lipinski definition) is 1. The summed E-state index contributed by atoms with van der Waals surface area (Å²) in [6.07, 6.45) is 5.79. The van der Waals surface area contributed by atoms with E-state index >= 15 is 0 Å². The number of fused-ring (bicyclic) bond motifs is 1. The molecule has 4 aromatic rings. The highest BCUT2D eigenvalue weighted by Crippen LogP contribution is 2.34. The van der Waals surface area contributed by atoms with E-state index in [0.29, 0.717) is 65.4 Å². The van der Waals surface area contributed by atoms with E-state index in [2.05, 4.69) is 19.8 Å². The molecule has 0 spiro atoms. The fourth-order valence-electron chi connectivity index (χ4n) is 4.34. The number of carbonyl (C=O) groups is 1. The minimum absolute atomic E-state index is 0.0746. The van der Waals surface area contributed by atoms with E-state index in [1.165, 1.54) is 12.4 Å². The van der Waals surface area contributed by atoms with Gasteiger partial charge in [0.15, 0.2) is 0 Å². The number of hydrogen-bond acceptors (Lipinski definition) is 7. The number of pyridine rings is 1. The molecule has 0 saturated carbocycles. The Morgan fingerprint density at radius 2 is 1.84 bits per heavy atom. The predicted molar refractivity (Wildman–Crippen MR) is 142 cm³/mol. The first-order valence-electron chi connectivity index (χ1n) is 11.4. The summed E-state index contributed by atoms with van der Waals surface area (Å²) < 4.78 is 28.0. The van der Waals surface area contributed by atoms with Crippen LogP contribution in [-0.4, -0.2) is 76.1 Å². The van der Waals surface area contributed by atoms with Crippen LogP contribution < -0.4 is 4.72 Å². The van der Waals surface area contributed by atoms with Gasteiger partial charge < -0.3 is 4.90 Å². The molecule has 1 aliphatic heterocycles. The molecule has 1 aromatic carbocycles. The molecule has 1 saturated heterocycles. The number of carbonyl (C=O) groups excluding carboxylic acids is 1. The summed E-state index contributed by atoms with van der Waals surface area (Å²) in [6, 6.07) is 10.3. The van der Waals surface area contributed by atoms with Crippen molar-refractivity contribution in [3.05, 3.63) is 76.3 Å². The minimum Gasteiger partial charge on any atom is -0.336 e. The Morgan fingerprint density at radius 1 is 1.05 bits per heavy atom. The van der Waals surface area contributed by atoms with E-state index in [-0.39, 0.29) is 5.91 Å². The Balaban J connectivity index is 1.45. The summed E-state index contributed by atoms with van der Waals surface area (Å²) in [4.78, 5) is 21.6. The summed E-state index contributed by atoms with van der Waals surface area (Å²) in [5.74, 6) is -0.0746. The Labute approximate surface area is 223 Å². The van der Waals surface area contributed by atoms with Crippen LogP contribution in [0.15, 0.2) is 55.0 Å². The Morgan fingerprint density at radius 3 is 2.51 bits per heavy atom. The second kappa shape index (κ2) is 10.3. The molecular formula is C24H23Cl2N7O3S. The quantitative estimate of drug-likeness (QED) is 0.385. The highest BCUT2D eigenvalue weighted by Gasteiger charge is 2.25. The van der Waals surface area contributed by atoms with Gasteiger partial charge in [-0.1, -0.05) is 23.2 Å². The molecule has 192 valence electrons. The van der Waals surface area contributed by atoms with Crippen LogP contribution in [0.3, 0.4) is 0 Å². The van der Waals surface area contributed by atoms with Crippen molar-refractivity contribution in [1.29, 1.82) is 0 Å². The van der Waals surface area contributed by atoms with Gasteiger partial charge >= 0.3 is 0 Å². The van der Waals surface area contributed by atoms with Gasteiger partial charge in [-0.05, 0) is 36.4 Å². The molecule has 1 N–H and O–H groups in total. The van der Waals surface area contributed by atoms with Gasteiger partial charge in [0.1, 0.15) is 5.65 Å². The van der Waals surface area contributed by atoms with Crippen LogP contribution in [0.25, 0.3) is 16.9 Å². The number of rotatable bonds is 6. The van der Waals surface area contributed by atoms with Gasteiger partial charge in [0.2, 0.25) is 10.0 Å². The van der Waals surface area contributed by atoms with E-state index in [0.717, 1.165) is 17.5 Å². The van der Waals surface area contributed by atoms with Gasteiger partial charge in [0.05, 0.1) is 46.3 Å². The molecule has 4 heterocycles. The van der Waals surface area contributed by atoms with Gasteiger partial charge in [-0.2, -0.15) is 10.2 Å². The smallest absolute Gasteiger partial charge is 0.255 e. The standard InChI is InChI=1S/C24H23Cl2N7O3S/c1-37(35,36)30-18-3-5-22-29-23(19-4-2-17(25)12-20(19)26)21(33(22)14-18)15-31-8-10-32(11-9-31)24(34)16-6-7-27-28-13-16/h2-7,12-14,30H,8-11,15H2,1H3. The van der Waals surface area contributed by atoms with Crippen LogP contribution in [0.1, 0.15) is 16.1 Å². The second-order valence-electron chi connectivity index (χ2n) is 8.75. The first-order valence-corrected chi connectivity index (χ1v) is 14.1. The van der Waals surface area contributed by atoms with Crippen molar-refractivity contribution >= 4 is 50.5 Å². The van der Waals surface area contributed by atoms with E-state index in [9.17, 15) is 13.2 Å². The molecule has 0 unspecified atom stereocenters. The molecule has 1 aliphatic rings. The third kappa shape index (κ3) is 5.69. The number of sulfonamides is 1. The number of nitrogens with zero attached hydrogens (tertiary/aromatic N) is 6. The molecule has 37 heavy (non-hydrogen) atoms. The number of nitrogens with one attached hydrogen (secondary N) is 1. The van der Waals surface area contributed by atoms with Crippen LogP contribution in [0, 0.1) is 0 Å². The van der Waals surface area contributed by atoms with Crippen molar-refractivity contribution in [3.63, 3.8) is 0 Å². The summed E-state index contributed by atoms with van der Waals surface area (Å²) in [5.41, 5.74) is 3.82. The molecular weight excluding hydrogens is 537 g/mol. The molecule has 0 radical (unpaired) electrons. The minimum atomic E-state index is -3.46. The zero-order chi connectivity index (χ0) is 26.2. The molecule has 0 atom stereocenters. The average Bonchev–Trinajstić information content (AvgIpc) is 3.21. The average molecular weight is 560 g/mol. The van der Waals surface area contributed by atoms with Crippen molar-refractivity contribution in [3.8, 4) is 11.3 Å². The van der Waals surface area contributed by atoms with Crippen LogP contribution in [0.5, 0.6) is 0 Å². The number of halogens is 2. The maximum Gasteiger partial charge on any atom is 0.255 e. The zero-order valence-electron chi connectivity index (χ0n) is 19.8. The first-order chi connectivity index (χ1) is 17.7. The van der Waals surface area contributed by atoms with Gasteiger partial charge in [-0.15, -0.1) is 0 Å². The van der Waals surface area contributed by atoms with Crippen LogP contribution >= 0.6 is 23.2 Å². The largest absolute Gasteiger partial charge is 0.336 e. The Kier molecular flexibility index (Phi) is 7.04. The lowest BCUT2D eigenvalue weighted by Crippen LogP contribution is -2.48. The van der Waals surface area contributed by atoms with Gasteiger partial charge in [0.25, 0.3) is 5.91 Å². The maximum atomic E-state index is 12.8. The molecule has 0 aliphatic carbocycles. The summed E-state index contributed by atoms with van der Waals surface area (Å²) in [7, 11) is -3.46. The van der Waals surface area contributed by atoms with Crippen LogP contribution in [-0.2, 0) is 16.6 Å². The van der Waals surface area contributed by atoms with Crippen molar-refractivity contribution in [1.82, 2.24) is 29.4 Å². The second-order valence-corrected chi connectivity index (χ2v) is 11.3. The number of aromatic nitrogens is 4. The van der Waals surface area contributed by atoms with Gasteiger partial charge in [0, 0.05) is 49.5 Å². The number of anilines is 1. The fourth-order valence-corrected chi connectivity index (χ4v) is 5.38. The third-order valence-electron chi connectivity index (χ3n) is 6.07. The highest BCUT2D eigenvalue weighted by molar-refractivity contribution is 7.92. The first kappa shape index (κ1) is 25.4. The number of benzene rings is 1. The van der Waals surface area contributed by atoms with Crippen LogP contribution in [0.2, 0.25) is 10.0 Å². The normalized spacial score (nSPS) is 14.7. The van der Waals surface area contributed by atoms with Gasteiger partial charge in [-0.25, -0.2) is 13.4 Å². The van der Waals surface area contributed by atoms with Crippen LogP contribution in [0.4, 0.5) is 5.69 Å². The molecule has 1 amide bonds. The molecule has 5 rings (SSSR count). The lowest BCUT2D eigenvalue weighted by Gasteiger charge is -2.34. The van der Waals surface area contributed by atoms with E-state index in [4.69, 9.17) is 28.2 Å². The van der Waals surface area contributed by atoms with E-state index in [1.807, 2.05) is 10.5 Å². The van der Waals surface area contributed by atoms with Crippen molar-refractivity contribution in [2.75, 3.05) is 37.2 Å². The van der Waals surface area contributed by atoms with Crippen molar-refractivity contribution < 1.29 is 13.2 Å². The number of amides is 1. The Bertz CT molecular complexity index is 1570. The number of imidazole rings is 1. The summed E-state index contributed by atoms with van der Waals surface area (Å²) >= 11 is 12.7. The Hall–Kier alpha value is -3.25. The number of piperazine rings is 1. The molecule has 1 fully saturated rings. The van der Waals surface area contributed by atoms with Gasteiger partial charge in [-0.3, -0.25) is 18.8 Å².